The van der Waals surface area contributed by atoms with E-state index in [1.54, 1.807) is 0 Å². The van der Waals surface area contributed by atoms with Crippen LogP contribution in [0.4, 0.5) is 0 Å². The second-order valence-corrected chi connectivity index (χ2v) is 8.62. The van der Waals surface area contributed by atoms with E-state index in [1.165, 1.54) is 19.1 Å². The zero-order valence-corrected chi connectivity index (χ0v) is 13.1. The van der Waals surface area contributed by atoms with E-state index in [4.69, 9.17) is 0 Å². The molecule has 0 aromatic heterocycles. The Bertz CT molecular complexity index is 456. The van der Waals surface area contributed by atoms with Gasteiger partial charge in [-0.15, -0.1) is 0 Å². The Balaban J connectivity index is 1.83. The van der Waals surface area contributed by atoms with Crippen LogP contribution in [0.1, 0.15) is 33.6 Å². The van der Waals surface area contributed by atoms with Crippen molar-refractivity contribution < 1.29 is 8.42 Å². The summed E-state index contributed by atoms with van der Waals surface area (Å²) in [6.07, 6.45) is 8.50. The lowest BCUT2D eigenvalue weighted by Gasteiger charge is -2.31. The van der Waals surface area contributed by atoms with Crippen LogP contribution in [0, 0.1) is 17.8 Å². The predicted molar refractivity (Wildman–Crippen MR) is 78.4 cm³/mol. The molecule has 1 saturated carbocycles. The number of fused-ring (bicyclic) bond motifs is 2. The van der Waals surface area contributed by atoms with Gasteiger partial charge in [0.1, 0.15) is 0 Å². The maximum Gasteiger partial charge on any atom is 0.209 e. The molecule has 0 amide bonds. The summed E-state index contributed by atoms with van der Waals surface area (Å²) in [6, 6.07) is 0.431. The SMILES string of the molecule is CC(NCC(C)(C)NS(C)(=O)=O)C1CC2C=CC1C2. The van der Waals surface area contributed by atoms with Crippen LogP contribution in [0.3, 0.4) is 0 Å². The van der Waals surface area contributed by atoms with Crippen LogP contribution in [0.25, 0.3) is 0 Å². The summed E-state index contributed by atoms with van der Waals surface area (Å²) in [4.78, 5) is 0. The zero-order chi connectivity index (χ0) is 14.3. The van der Waals surface area contributed by atoms with Gasteiger partial charge in [0.15, 0.2) is 0 Å². The van der Waals surface area contributed by atoms with Gasteiger partial charge in [-0.2, -0.15) is 0 Å². The lowest BCUT2D eigenvalue weighted by molar-refractivity contribution is 0.300. The highest BCUT2D eigenvalue weighted by molar-refractivity contribution is 7.88. The fraction of sp³-hybridized carbons (Fsp3) is 0.857. The van der Waals surface area contributed by atoms with Crippen molar-refractivity contribution in [1.82, 2.24) is 10.0 Å². The first-order valence-electron chi connectivity index (χ1n) is 7.07. The minimum Gasteiger partial charge on any atom is -0.312 e. The smallest absolute Gasteiger partial charge is 0.209 e. The van der Waals surface area contributed by atoms with E-state index >= 15 is 0 Å². The Morgan fingerprint density at radius 3 is 2.47 bits per heavy atom. The average molecular weight is 286 g/mol. The van der Waals surface area contributed by atoms with Gasteiger partial charge in [0.05, 0.1) is 6.26 Å². The molecule has 0 heterocycles. The summed E-state index contributed by atoms with van der Waals surface area (Å²) >= 11 is 0. The summed E-state index contributed by atoms with van der Waals surface area (Å²) in [6.45, 7) is 6.69. The third kappa shape index (κ3) is 4.04. The number of hydrogen-bond acceptors (Lipinski definition) is 3. The van der Waals surface area contributed by atoms with Crippen molar-refractivity contribution in [1.29, 1.82) is 0 Å². The van der Waals surface area contributed by atoms with Crippen molar-refractivity contribution in [3.8, 4) is 0 Å². The molecule has 0 spiro atoms. The number of sulfonamides is 1. The third-order valence-corrected chi connectivity index (χ3v) is 5.22. The summed E-state index contributed by atoms with van der Waals surface area (Å²) in [5, 5.41) is 3.51. The van der Waals surface area contributed by atoms with Gasteiger partial charge in [-0.3, -0.25) is 0 Å². The summed E-state index contributed by atoms with van der Waals surface area (Å²) < 4.78 is 25.3. The minimum absolute atomic E-state index is 0.431. The molecule has 4 nitrogen and oxygen atoms in total. The van der Waals surface area contributed by atoms with E-state index < -0.39 is 15.6 Å². The van der Waals surface area contributed by atoms with Crippen LogP contribution in [0.5, 0.6) is 0 Å². The molecule has 4 atom stereocenters. The lowest BCUT2D eigenvalue weighted by Crippen LogP contribution is -2.52. The summed E-state index contributed by atoms with van der Waals surface area (Å²) in [5.41, 5.74) is -0.449. The zero-order valence-electron chi connectivity index (χ0n) is 12.3. The molecule has 2 aliphatic carbocycles. The predicted octanol–water partition coefficient (Wildman–Crippen LogP) is 1.50. The standard InChI is InChI=1S/C14H26N2O2S/c1-10(13-8-11-5-6-12(13)7-11)15-9-14(2,3)16-19(4,17)18/h5-6,10-13,15-16H,7-9H2,1-4H3. The van der Waals surface area contributed by atoms with Gasteiger partial charge in [-0.1, -0.05) is 12.2 Å². The van der Waals surface area contributed by atoms with Crippen molar-refractivity contribution in [2.45, 2.75) is 45.2 Å². The van der Waals surface area contributed by atoms with Crippen LogP contribution < -0.4 is 10.0 Å². The molecule has 4 unspecified atom stereocenters. The highest BCUT2D eigenvalue weighted by Crippen LogP contribution is 2.44. The van der Waals surface area contributed by atoms with Gasteiger partial charge in [-0.05, 0) is 51.4 Å². The first-order chi connectivity index (χ1) is 8.66. The number of allylic oxidation sites excluding steroid dienone is 2. The fourth-order valence-corrected chi connectivity index (χ4v) is 4.58. The quantitative estimate of drug-likeness (QED) is 0.728. The van der Waals surface area contributed by atoms with Gasteiger partial charge in [0.2, 0.25) is 10.0 Å². The van der Waals surface area contributed by atoms with Gasteiger partial charge < -0.3 is 5.32 Å². The Morgan fingerprint density at radius 1 is 1.32 bits per heavy atom. The Hall–Kier alpha value is -0.390. The third-order valence-electron chi connectivity index (χ3n) is 4.30. The lowest BCUT2D eigenvalue weighted by atomic mass is 9.87. The van der Waals surface area contributed by atoms with Crippen LogP contribution in [-0.2, 0) is 10.0 Å². The molecular weight excluding hydrogens is 260 g/mol. The molecular formula is C14H26N2O2S. The topological polar surface area (TPSA) is 58.2 Å². The van der Waals surface area contributed by atoms with Gasteiger partial charge in [-0.25, -0.2) is 13.1 Å². The van der Waals surface area contributed by atoms with E-state index in [0.29, 0.717) is 18.5 Å². The Morgan fingerprint density at radius 2 is 2.00 bits per heavy atom. The maximum absolute atomic E-state index is 11.3. The van der Waals surface area contributed by atoms with Crippen molar-refractivity contribution in [2.75, 3.05) is 12.8 Å². The van der Waals surface area contributed by atoms with Crippen LogP contribution in [-0.4, -0.2) is 32.8 Å². The molecule has 2 aliphatic rings. The van der Waals surface area contributed by atoms with Gasteiger partial charge in [0, 0.05) is 18.1 Å². The first kappa shape index (κ1) is 15.0. The highest BCUT2D eigenvalue weighted by Gasteiger charge is 2.38. The molecule has 0 radical (unpaired) electrons. The fourth-order valence-electron chi connectivity index (χ4n) is 3.50. The Labute approximate surface area is 117 Å². The van der Waals surface area contributed by atoms with Gasteiger partial charge in [0.25, 0.3) is 0 Å². The van der Waals surface area contributed by atoms with Crippen molar-refractivity contribution >= 4 is 10.0 Å². The number of hydrogen-bond donors (Lipinski definition) is 2. The molecule has 1 fully saturated rings. The number of rotatable bonds is 6. The Kier molecular flexibility index (Phi) is 4.10. The molecule has 0 aromatic rings. The van der Waals surface area contributed by atoms with E-state index in [-0.39, 0.29) is 0 Å². The second kappa shape index (κ2) is 5.19. The molecule has 0 saturated heterocycles. The summed E-state index contributed by atoms with van der Waals surface area (Å²) in [5.74, 6) is 2.20. The molecule has 19 heavy (non-hydrogen) atoms. The minimum atomic E-state index is -3.16. The second-order valence-electron chi connectivity index (χ2n) is 6.87. The maximum atomic E-state index is 11.3. The van der Waals surface area contributed by atoms with E-state index in [0.717, 1.165) is 11.8 Å². The van der Waals surface area contributed by atoms with Crippen LogP contribution in [0.15, 0.2) is 12.2 Å². The average Bonchev–Trinajstić information content (AvgIpc) is 2.84. The van der Waals surface area contributed by atoms with E-state index in [1.807, 2.05) is 13.8 Å². The van der Waals surface area contributed by atoms with Crippen LogP contribution >= 0.6 is 0 Å². The van der Waals surface area contributed by atoms with Crippen LogP contribution in [0.2, 0.25) is 0 Å². The van der Waals surface area contributed by atoms with Crippen molar-refractivity contribution in [2.24, 2.45) is 17.8 Å². The first-order valence-corrected chi connectivity index (χ1v) is 8.96. The molecule has 0 aliphatic heterocycles. The van der Waals surface area contributed by atoms with Gasteiger partial charge >= 0.3 is 0 Å². The van der Waals surface area contributed by atoms with Crippen molar-refractivity contribution in [3.63, 3.8) is 0 Å². The summed E-state index contributed by atoms with van der Waals surface area (Å²) in [7, 11) is -3.16. The monoisotopic (exact) mass is 286 g/mol. The van der Waals surface area contributed by atoms with Crippen molar-refractivity contribution in [3.05, 3.63) is 12.2 Å². The normalized spacial score (nSPS) is 31.9. The molecule has 0 aromatic carbocycles. The van der Waals surface area contributed by atoms with E-state index in [9.17, 15) is 8.42 Å². The molecule has 5 heteroatoms. The van der Waals surface area contributed by atoms with E-state index in [2.05, 4.69) is 29.1 Å². The molecule has 2 N–H and O–H groups in total. The highest BCUT2D eigenvalue weighted by atomic mass is 32.2. The molecule has 2 rings (SSSR count). The number of nitrogens with one attached hydrogen (secondary N) is 2. The largest absolute Gasteiger partial charge is 0.312 e. The molecule has 110 valence electrons. The molecule has 2 bridgehead atoms.